The van der Waals surface area contributed by atoms with Gasteiger partial charge >= 0.3 is 0 Å². The first-order chi connectivity index (χ1) is 9.58. The Bertz CT molecular complexity index is 588. The molecule has 1 amide bonds. The fourth-order valence-electron chi connectivity index (χ4n) is 1.73. The molecule has 1 aromatic carbocycles. The summed E-state index contributed by atoms with van der Waals surface area (Å²) in [6.07, 6.45) is 2.95. The molecule has 7 heteroatoms. The van der Waals surface area contributed by atoms with Crippen molar-refractivity contribution in [2.45, 2.75) is 20.0 Å². The molecule has 0 saturated heterocycles. The number of rotatable bonds is 5. The van der Waals surface area contributed by atoms with E-state index in [2.05, 4.69) is 15.4 Å². The molecule has 1 aromatic heterocycles. The van der Waals surface area contributed by atoms with Gasteiger partial charge < -0.3 is 5.32 Å². The summed E-state index contributed by atoms with van der Waals surface area (Å²) in [6.45, 7) is 2.29. The monoisotopic (exact) mass is 296 g/mol. The quantitative estimate of drug-likeness (QED) is 0.918. The predicted molar refractivity (Wildman–Crippen MR) is 72.4 cm³/mol. The summed E-state index contributed by atoms with van der Waals surface area (Å²) in [4.78, 5) is 15.7. The molecule has 1 atom stereocenters. The highest BCUT2D eigenvalue weighted by molar-refractivity contribution is 6.30. The van der Waals surface area contributed by atoms with E-state index < -0.39 is 5.82 Å². The van der Waals surface area contributed by atoms with E-state index in [4.69, 9.17) is 11.6 Å². The van der Waals surface area contributed by atoms with Crippen LogP contribution >= 0.6 is 11.6 Å². The summed E-state index contributed by atoms with van der Waals surface area (Å²) in [5.41, 5.74) is 0.360. The van der Waals surface area contributed by atoms with Crippen molar-refractivity contribution in [3.8, 4) is 0 Å². The number of amides is 1. The minimum atomic E-state index is -0.501. The second-order valence-electron chi connectivity index (χ2n) is 4.45. The molecule has 0 saturated carbocycles. The van der Waals surface area contributed by atoms with Crippen LogP contribution in [0.5, 0.6) is 0 Å². The van der Waals surface area contributed by atoms with Crippen molar-refractivity contribution in [1.29, 1.82) is 0 Å². The number of hydrogen-bond acceptors (Lipinski definition) is 3. The summed E-state index contributed by atoms with van der Waals surface area (Å²) in [7, 11) is 0. The Labute approximate surface area is 120 Å². The van der Waals surface area contributed by atoms with Crippen LogP contribution in [0.15, 0.2) is 30.9 Å². The number of carbonyl (C=O) groups is 1. The molecule has 0 radical (unpaired) electrons. The third-order valence-electron chi connectivity index (χ3n) is 2.86. The van der Waals surface area contributed by atoms with Crippen LogP contribution in [0.25, 0.3) is 0 Å². The maximum atomic E-state index is 13.7. The predicted octanol–water partition coefficient (Wildman–Crippen LogP) is 2.02. The van der Waals surface area contributed by atoms with Gasteiger partial charge in [0.2, 0.25) is 5.91 Å². The largest absolute Gasteiger partial charge is 0.352 e. The van der Waals surface area contributed by atoms with Gasteiger partial charge in [0.15, 0.2) is 0 Å². The zero-order valence-electron chi connectivity index (χ0n) is 10.9. The molecule has 5 nitrogen and oxygen atoms in total. The molecular weight excluding hydrogens is 283 g/mol. The van der Waals surface area contributed by atoms with Gasteiger partial charge in [0.1, 0.15) is 18.5 Å². The van der Waals surface area contributed by atoms with Crippen LogP contribution in [0, 0.1) is 11.7 Å². The molecule has 2 aromatic rings. The van der Waals surface area contributed by atoms with Crippen molar-refractivity contribution >= 4 is 17.5 Å². The van der Waals surface area contributed by atoms with E-state index in [0.717, 1.165) is 0 Å². The van der Waals surface area contributed by atoms with Crippen molar-refractivity contribution in [1.82, 2.24) is 20.1 Å². The van der Waals surface area contributed by atoms with Crippen molar-refractivity contribution in [3.05, 3.63) is 47.3 Å². The van der Waals surface area contributed by atoms with E-state index in [9.17, 15) is 9.18 Å². The molecule has 0 aliphatic carbocycles. The van der Waals surface area contributed by atoms with E-state index in [1.165, 1.54) is 12.4 Å². The maximum Gasteiger partial charge on any atom is 0.224 e. The van der Waals surface area contributed by atoms with Crippen LogP contribution in [0.3, 0.4) is 0 Å². The molecule has 0 bridgehead atoms. The van der Waals surface area contributed by atoms with E-state index in [0.29, 0.717) is 12.1 Å². The molecule has 0 fully saturated rings. The van der Waals surface area contributed by atoms with Gasteiger partial charge in [0.05, 0.1) is 17.5 Å². The smallest absolute Gasteiger partial charge is 0.224 e. The number of nitrogens with one attached hydrogen (secondary N) is 1. The van der Waals surface area contributed by atoms with E-state index in [1.54, 1.807) is 30.1 Å². The number of carbonyl (C=O) groups excluding carboxylic acids is 1. The zero-order valence-corrected chi connectivity index (χ0v) is 11.6. The molecule has 0 aliphatic rings. The second-order valence-corrected chi connectivity index (χ2v) is 4.86. The first-order valence-electron chi connectivity index (χ1n) is 6.11. The first kappa shape index (κ1) is 14.5. The van der Waals surface area contributed by atoms with Crippen molar-refractivity contribution in [2.24, 2.45) is 5.92 Å². The minimum Gasteiger partial charge on any atom is -0.352 e. The molecule has 0 spiro atoms. The van der Waals surface area contributed by atoms with Crippen LogP contribution in [0.2, 0.25) is 5.02 Å². The molecule has 1 unspecified atom stereocenters. The summed E-state index contributed by atoms with van der Waals surface area (Å²) in [5.74, 6) is -0.975. The number of halogens is 2. The van der Waals surface area contributed by atoms with Gasteiger partial charge in [0, 0.05) is 12.1 Å². The van der Waals surface area contributed by atoms with Crippen LogP contribution < -0.4 is 5.32 Å². The second kappa shape index (κ2) is 6.47. The average Bonchev–Trinajstić information content (AvgIpc) is 2.93. The normalized spacial score (nSPS) is 12.2. The molecule has 2 rings (SSSR count). The summed E-state index contributed by atoms with van der Waals surface area (Å²) in [6, 6.07) is 4.70. The summed E-state index contributed by atoms with van der Waals surface area (Å²) in [5, 5.41) is 6.66. The van der Waals surface area contributed by atoms with Gasteiger partial charge in [-0.1, -0.05) is 30.7 Å². The average molecular weight is 297 g/mol. The van der Waals surface area contributed by atoms with Crippen LogP contribution in [0.4, 0.5) is 4.39 Å². The number of aromatic nitrogens is 3. The number of benzene rings is 1. The lowest BCUT2D eigenvalue weighted by atomic mass is 10.1. The van der Waals surface area contributed by atoms with Gasteiger partial charge in [0.25, 0.3) is 0 Å². The lowest BCUT2D eigenvalue weighted by Crippen LogP contribution is -2.31. The highest BCUT2D eigenvalue weighted by Gasteiger charge is 2.14. The third-order valence-corrected chi connectivity index (χ3v) is 3.15. The van der Waals surface area contributed by atoms with Gasteiger partial charge in [-0.2, -0.15) is 5.10 Å². The van der Waals surface area contributed by atoms with E-state index >= 15 is 0 Å². The highest BCUT2D eigenvalue weighted by atomic mass is 35.5. The molecule has 20 heavy (non-hydrogen) atoms. The summed E-state index contributed by atoms with van der Waals surface area (Å²) < 4.78 is 15.2. The standard InChI is InChI=1S/C13H14ClFN4O/c1-9(6-19-8-16-7-18-19)13(20)17-5-10-3-2-4-11(14)12(10)15/h2-4,7-9H,5-6H2,1H3,(H,17,20). The highest BCUT2D eigenvalue weighted by Crippen LogP contribution is 2.17. The van der Waals surface area contributed by atoms with Gasteiger partial charge in [-0.25, -0.2) is 9.37 Å². The van der Waals surface area contributed by atoms with E-state index in [1.807, 2.05) is 0 Å². The Hall–Kier alpha value is -1.95. The molecular formula is C13H14ClFN4O. The van der Waals surface area contributed by atoms with E-state index in [-0.39, 0.29) is 23.4 Å². The van der Waals surface area contributed by atoms with Crippen LogP contribution in [0.1, 0.15) is 12.5 Å². The van der Waals surface area contributed by atoms with Crippen LogP contribution in [-0.4, -0.2) is 20.7 Å². The lowest BCUT2D eigenvalue weighted by molar-refractivity contribution is -0.125. The van der Waals surface area contributed by atoms with Gasteiger partial charge in [-0.3, -0.25) is 9.48 Å². The lowest BCUT2D eigenvalue weighted by Gasteiger charge is -2.12. The molecule has 106 valence electrons. The van der Waals surface area contributed by atoms with Crippen molar-refractivity contribution < 1.29 is 9.18 Å². The minimum absolute atomic E-state index is 0.0485. The molecule has 1 N–H and O–H groups in total. The van der Waals surface area contributed by atoms with Gasteiger partial charge in [-0.05, 0) is 6.07 Å². The molecule has 0 aliphatic heterocycles. The van der Waals surface area contributed by atoms with Gasteiger partial charge in [-0.15, -0.1) is 0 Å². The third kappa shape index (κ3) is 3.54. The fourth-order valence-corrected chi connectivity index (χ4v) is 1.93. The van der Waals surface area contributed by atoms with Crippen molar-refractivity contribution in [3.63, 3.8) is 0 Å². The van der Waals surface area contributed by atoms with Crippen LogP contribution in [-0.2, 0) is 17.9 Å². The summed E-state index contributed by atoms with van der Waals surface area (Å²) >= 11 is 5.68. The SMILES string of the molecule is CC(Cn1cncn1)C(=O)NCc1cccc(Cl)c1F. The Morgan fingerprint density at radius 1 is 1.55 bits per heavy atom. The Kier molecular flexibility index (Phi) is 4.68. The topological polar surface area (TPSA) is 59.8 Å². The fraction of sp³-hybridized carbons (Fsp3) is 0.308. The Balaban J connectivity index is 1.90. The Morgan fingerprint density at radius 2 is 2.35 bits per heavy atom. The molecule has 1 heterocycles. The first-order valence-corrected chi connectivity index (χ1v) is 6.48. The zero-order chi connectivity index (χ0) is 14.5. The number of hydrogen-bond donors (Lipinski definition) is 1. The number of nitrogens with zero attached hydrogens (tertiary/aromatic N) is 3. The van der Waals surface area contributed by atoms with Crippen molar-refractivity contribution in [2.75, 3.05) is 0 Å². The maximum absolute atomic E-state index is 13.7. The Morgan fingerprint density at radius 3 is 3.05 bits per heavy atom.